The van der Waals surface area contributed by atoms with Crippen molar-refractivity contribution in [2.24, 2.45) is 5.92 Å². The van der Waals surface area contributed by atoms with Gasteiger partial charge in [-0.1, -0.05) is 36.2 Å². The van der Waals surface area contributed by atoms with Gasteiger partial charge in [-0.05, 0) is 35.9 Å². The maximum Gasteiger partial charge on any atom is 0.295 e. The summed E-state index contributed by atoms with van der Waals surface area (Å²) in [4.78, 5) is 33.7. The van der Waals surface area contributed by atoms with Crippen LogP contribution in [0.3, 0.4) is 0 Å². The summed E-state index contributed by atoms with van der Waals surface area (Å²) < 4.78 is 0. The van der Waals surface area contributed by atoms with Gasteiger partial charge in [-0.3, -0.25) is 14.5 Å². The number of H-pyrrole nitrogens is 1. The molecule has 1 aliphatic rings. The van der Waals surface area contributed by atoms with Gasteiger partial charge >= 0.3 is 0 Å². The number of nitrogens with one attached hydrogen (secondary N) is 1. The van der Waals surface area contributed by atoms with E-state index in [9.17, 15) is 9.59 Å². The Morgan fingerprint density at radius 2 is 1.92 bits per heavy atom. The topological polar surface area (TPSA) is 66.1 Å². The number of Topliss-reactive ketones (excluding diaryl/α,β-unsaturated/α-hetero) is 1. The van der Waals surface area contributed by atoms with Crippen molar-refractivity contribution in [1.29, 1.82) is 0 Å². The minimum atomic E-state index is -0.539. The molecule has 1 aliphatic heterocycles. The number of anilines is 1. The standard InChI is InChI=1S/C18H13Cl2N3O2/c1-9-16(12-4-2-10(19)6-13(12)20)23(18(25)17(9)24)11-3-5-14-15(7-11)22-8-21-14/h2-9,16H,1H3,(H,21,22). The van der Waals surface area contributed by atoms with E-state index in [2.05, 4.69) is 9.97 Å². The highest BCUT2D eigenvalue weighted by Gasteiger charge is 2.47. The SMILES string of the molecule is CC1C(=O)C(=O)N(c2ccc3nc[nH]c3c2)C1c1ccc(Cl)cc1Cl. The Bertz CT molecular complexity index is 1010. The molecule has 1 N–H and O–H groups in total. The number of fused-ring (bicyclic) bond motifs is 1. The van der Waals surface area contributed by atoms with Crippen LogP contribution in [0.1, 0.15) is 18.5 Å². The summed E-state index contributed by atoms with van der Waals surface area (Å²) in [6, 6.07) is 10.0. The Morgan fingerprint density at radius 1 is 1.12 bits per heavy atom. The normalized spacial score (nSPS) is 20.7. The molecule has 2 atom stereocenters. The van der Waals surface area contributed by atoms with Gasteiger partial charge in [0.05, 0.1) is 23.4 Å². The molecule has 2 unspecified atom stereocenters. The predicted molar refractivity (Wildman–Crippen MR) is 97.0 cm³/mol. The zero-order chi connectivity index (χ0) is 17.7. The number of rotatable bonds is 2. The van der Waals surface area contributed by atoms with Gasteiger partial charge in [0.25, 0.3) is 5.91 Å². The van der Waals surface area contributed by atoms with Crippen molar-refractivity contribution in [3.63, 3.8) is 0 Å². The maximum atomic E-state index is 12.6. The number of carbonyl (C=O) groups is 2. The van der Waals surface area contributed by atoms with Crippen molar-refractivity contribution in [1.82, 2.24) is 9.97 Å². The zero-order valence-electron chi connectivity index (χ0n) is 13.2. The van der Waals surface area contributed by atoms with E-state index in [1.54, 1.807) is 37.5 Å². The molecule has 4 rings (SSSR count). The minimum Gasteiger partial charge on any atom is -0.345 e. The van der Waals surface area contributed by atoms with E-state index < -0.39 is 23.7 Å². The number of ketones is 1. The molecule has 0 bridgehead atoms. The summed E-state index contributed by atoms with van der Waals surface area (Å²) in [5.41, 5.74) is 2.90. The molecule has 3 aromatic rings. The maximum absolute atomic E-state index is 12.6. The van der Waals surface area contributed by atoms with Crippen molar-refractivity contribution in [2.45, 2.75) is 13.0 Å². The molecule has 0 saturated carbocycles. The van der Waals surface area contributed by atoms with Gasteiger partial charge in [0.1, 0.15) is 0 Å². The van der Waals surface area contributed by atoms with E-state index in [4.69, 9.17) is 23.2 Å². The third-order valence-electron chi connectivity index (χ3n) is 4.56. The van der Waals surface area contributed by atoms with Gasteiger partial charge in [-0.15, -0.1) is 0 Å². The first-order valence-corrected chi connectivity index (χ1v) is 8.48. The summed E-state index contributed by atoms with van der Waals surface area (Å²) >= 11 is 12.3. The number of halogens is 2. The highest BCUT2D eigenvalue weighted by Crippen LogP contribution is 2.42. The molecule has 0 aliphatic carbocycles. The molecule has 1 saturated heterocycles. The number of aromatic nitrogens is 2. The van der Waals surface area contributed by atoms with Crippen molar-refractivity contribution < 1.29 is 9.59 Å². The monoisotopic (exact) mass is 373 g/mol. The molecule has 126 valence electrons. The number of hydrogen-bond acceptors (Lipinski definition) is 3. The summed E-state index contributed by atoms with van der Waals surface area (Å²) in [5.74, 6) is -1.48. The van der Waals surface area contributed by atoms with Crippen LogP contribution in [-0.2, 0) is 9.59 Å². The lowest BCUT2D eigenvalue weighted by Gasteiger charge is -2.27. The second kappa shape index (κ2) is 5.86. The summed E-state index contributed by atoms with van der Waals surface area (Å²) in [5, 5.41) is 0.932. The zero-order valence-corrected chi connectivity index (χ0v) is 14.7. The molecule has 0 spiro atoms. The van der Waals surface area contributed by atoms with Crippen molar-refractivity contribution >= 4 is 51.6 Å². The van der Waals surface area contributed by atoms with E-state index in [-0.39, 0.29) is 0 Å². The predicted octanol–water partition coefficient (Wildman–Crippen LogP) is 4.16. The second-order valence-electron chi connectivity index (χ2n) is 6.04. The Hall–Kier alpha value is -2.37. The number of hydrogen-bond donors (Lipinski definition) is 1. The van der Waals surface area contributed by atoms with Gasteiger partial charge < -0.3 is 4.98 Å². The van der Waals surface area contributed by atoms with Crippen LogP contribution < -0.4 is 4.90 Å². The van der Waals surface area contributed by atoms with E-state index in [0.29, 0.717) is 21.3 Å². The molecular weight excluding hydrogens is 361 g/mol. The number of carbonyl (C=O) groups excluding carboxylic acids is 2. The first kappa shape index (κ1) is 16.1. The van der Waals surface area contributed by atoms with Crippen LogP contribution in [0.15, 0.2) is 42.7 Å². The Kier molecular flexibility index (Phi) is 3.78. The number of amides is 1. The first-order chi connectivity index (χ1) is 12.0. The third-order valence-corrected chi connectivity index (χ3v) is 5.12. The highest BCUT2D eigenvalue weighted by atomic mass is 35.5. The molecule has 25 heavy (non-hydrogen) atoms. The molecule has 2 heterocycles. The lowest BCUT2D eigenvalue weighted by Crippen LogP contribution is -2.29. The van der Waals surface area contributed by atoms with Crippen molar-refractivity contribution in [3.05, 3.63) is 58.3 Å². The van der Waals surface area contributed by atoms with Crippen LogP contribution in [0.25, 0.3) is 11.0 Å². The summed E-state index contributed by atoms with van der Waals surface area (Å²) in [6.07, 6.45) is 1.58. The lowest BCUT2D eigenvalue weighted by molar-refractivity contribution is -0.135. The average molecular weight is 374 g/mol. The van der Waals surface area contributed by atoms with Crippen molar-refractivity contribution in [3.8, 4) is 0 Å². The number of nitrogens with zero attached hydrogens (tertiary/aromatic N) is 2. The van der Waals surface area contributed by atoms with Gasteiger partial charge in [-0.2, -0.15) is 0 Å². The van der Waals surface area contributed by atoms with E-state index in [0.717, 1.165) is 11.0 Å². The van der Waals surface area contributed by atoms with Gasteiger partial charge in [0, 0.05) is 21.7 Å². The highest BCUT2D eigenvalue weighted by molar-refractivity contribution is 6.45. The van der Waals surface area contributed by atoms with Crippen LogP contribution in [-0.4, -0.2) is 21.7 Å². The third kappa shape index (κ3) is 2.51. The number of imidazole rings is 1. The molecule has 1 fully saturated rings. The van der Waals surface area contributed by atoms with Crippen LogP contribution in [0.2, 0.25) is 10.0 Å². The first-order valence-electron chi connectivity index (χ1n) is 7.73. The Balaban J connectivity index is 1.87. The molecule has 7 heteroatoms. The minimum absolute atomic E-state index is 0.430. The van der Waals surface area contributed by atoms with Gasteiger partial charge in [0.2, 0.25) is 5.78 Å². The lowest BCUT2D eigenvalue weighted by atomic mass is 9.94. The van der Waals surface area contributed by atoms with E-state index >= 15 is 0 Å². The summed E-state index contributed by atoms with van der Waals surface area (Å²) in [7, 11) is 0. The van der Waals surface area contributed by atoms with Gasteiger partial charge in [0.15, 0.2) is 0 Å². The average Bonchev–Trinajstić information content (AvgIpc) is 3.13. The molecule has 5 nitrogen and oxygen atoms in total. The fourth-order valence-corrected chi connectivity index (χ4v) is 3.83. The molecule has 0 radical (unpaired) electrons. The van der Waals surface area contributed by atoms with E-state index in [1.807, 2.05) is 12.1 Å². The van der Waals surface area contributed by atoms with Crippen LogP contribution in [0.4, 0.5) is 5.69 Å². The van der Waals surface area contributed by atoms with Crippen LogP contribution in [0.5, 0.6) is 0 Å². The van der Waals surface area contributed by atoms with Crippen LogP contribution >= 0.6 is 23.2 Å². The fraction of sp³-hybridized carbons (Fsp3) is 0.167. The smallest absolute Gasteiger partial charge is 0.295 e. The van der Waals surface area contributed by atoms with Crippen LogP contribution in [0, 0.1) is 5.92 Å². The van der Waals surface area contributed by atoms with Gasteiger partial charge in [-0.25, -0.2) is 4.98 Å². The summed E-state index contributed by atoms with van der Waals surface area (Å²) in [6.45, 7) is 1.74. The molecular formula is C18H13Cl2N3O2. The molecule has 1 amide bonds. The largest absolute Gasteiger partial charge is 0.345 e. The number of benzene rings is 2. The number of aromatic amines is 1. The molecule has 1 aromatic heterocycles. The Morgan fingerprint density at radius 3 is 2.68 bits per heavy atom. The Labute approximate surface area is 153 Å². The molecule has 2 aromatic carbocycles. The second-order valence-corrected chi connectivity index (χ2v) is 6.89. The van der Waals surface area contributed by atoms with E-state index in [1.165, 1.54) is 4.90 Å². The van der Waals surface area contributed by atoms with Crippen molar-refractivity contribution in [2.75, 3.05) is 4.90 Å². The fourth-order valence-electron chi connectivity index (χ4n) is 3.31. The quantitative estimate of drug-likeness (QED) is 0.685.